The van der Waals surface area contributed by atoms with Gasteiger partial charge in [0.1, 0.15) is 17.2 Å². The van der Waals surface area contributed by atoms with E-state index in [2.05, 4.69) is 128 Å². The fraction of sp³-hybridized carbons (Fsp3) is 0.282. The van der Waals surface area contributed by atoms with E-state index < -0.39 is 0 Å². The number of nitrogens with zero attached hydrogens (tertiary/aromatic N) is 19. The quantitative estimate of drug-likeness (QED) is 0.0736. The van der Waals surface area contributed by atoms with Crippen LogP contribution in [-0.2, 0) is 7.05 Å². The molecule has 104 heavy (non-hydrogen) atoms. The maximum Gasteiger partial charge on any atom is 0.228 e. The van der Waals surface area contributed by atoms with Crippen LogP contribution in [-0.4, -0.2) is 204 Å². The summed E-state index contributed by atoms with van der Waals surface area (Å²) in [6.45, 7) is 11.4. The van der Waals surface area contributed by atoms with Gasteiger partial charge in [-0.3, -0.25) is 44.0 Å². The lowest BCUT2D eigenvalue weighted by molar-refractivity contribution is 0.102. The lowest BCUT2D eigenvalue weighted by atomic mass is 10.0. The number of nitrogens with one attached hydrogen (secondary N) is 4. The van der Waals surface area contributed by atoms with Crippen molar-refractivity contribution < 1.29 is 14.4 Å². The average Bonchev–Trinajstić information content (AvgIpc) is 1.48. The van der Waals surface area contributed by atoms with Gasteiger partial charge in [-0.1, -0.05) is 48.5 Å². The Morgan fingerprint density at radius 3 is 1.40 bits per heavy atom. The van der Waals surface area contributed by atoms with Gasteiger partial charge >= 0.3 is 0 Å². The van der Waals surface area contributed by atoms with Crippen LogP contribution in [0.15, 0.2) is 159 Å². The number of fused-ring (bicyclic) bond motifs is 5. The van der Waals surface area contributed by atoms with Crippen LogP contribution >= 0.6 is 0 Å². The number of benzene rings is 2. The summed E-state index contributed by atoms with van der Waals surface area (Å²) in [5, 5.41) is 12.0. The van der Waals surface area contributed by atoms with Crippen LogP contribution in [0.3, 0.4) is 0 Å². The van der Waals surface area contributed by atoms with Crippen LogP contribution in [0.25, 0.3) is 88.8 Å². The smallest absolute Gasteiger partial charge is 0.228 e. The summed E-state index contributed by atoms with van der Waals surface area (Å²) in [6, 6.07) is 35.6. The molecule has 14 aromatic rings. The topological polar surface area (TPSA) is 299 Å². The number of aromatic nitrogens is 17. The average molecular weight is 1390 g/mol. The van der Waals surface area contributed by atoms with Gasteiger partial charge < -0.3 is 44.8 Å². The first-order valence-electron chi connectivity index (χ1n) is 35.1. The van der Waals surface area contributed by atoms with Gasteiger partial charge in [0, 0.05) is 158 Å². The summed E-state index contributed by atoms with van der Waals surface area (Å²) in [6.07, 6.45) is 19.3. The third-order valence-electron chi connectivity index (χ3n) is 19.9. The number of ketones is 3. The van der Waals surface area contributed by atoms with Crippen LogP contribution in [0.1, 0.15) is 92.0 Å². The summed E-state index contributed by atoms with van der Waals surface area (Å²) >= 11 is 0. The Balaban J connectivity index is 0.000000126. The third kappa shape index (κ3) is 14.2. The molecular formula is C78H79N23O3. The summed E-state index contributed by atoms with van der Waals surface area (Å²) in [7, 11) is 10.4. The van der Waals surface area contributed by atoms with Crippen LogP contribution in [0.2, 0.25) is 0 Å². The third-order valence-corrected chi connectivity index (χ3v) is 19.9. The first kappa shape index (κ1) is 67.8. The molecule has 15 heterocycles. The maximum atomic E-state index is 13.4. The molecular weight excluding hydrogens is 1310 g/mol. The number of pyridine rings is 7. The van der Waals surface area contributed by atoms with Crippen molar-refractivity contribution in [3.8, 4) is 33.8 Å². The Morgan fingerprint density at radius 1 is 0.462 bits per heavy atom. The van der Waals surface area contributed by atoms with E-state index in [1.165, 1.54) is 0 Å². The minimum Gasteiger partial charge on any atom is -0.356 e. The minimum absolute atomic E-state index is 0.186. The number of carbonyl (C=O) groups is 3. The number of hydrogen-bond acceptors (Lipinski definition) is 22. The predicted octanol–water partition coefficient (Wildman–Crippen LogP) is 10.5. The molecule has 0 radical (unpaired) electrons. The van der Waals surface area contributed by atoms with Crippen LogP contribution in [0, 0.1) is 13.8 Å². The second kappa shape index (κ2) is 29.5. The zero-order valence-corrected chi connectivity index (χ0v) is 59.1. The summed E-state index contributed by atoms with van der Waals surface area (Å²) in [5.74, 6) is 2.62. The van der Waals surface area contributed by atoms with Crippen molar-refractivity contribution in [2.24, 2.45) is 7.05 Å². The number of imidazole rings is 3. The first-order valence-corrected chi connectivity index (χ1v) is 35.1. The highest BCUT2D eigenvalue weighted by Gasteiger charge is 2.27. The number of rotatable bonds is 14. The Labute approximate surface area is 599 Å². The number of aryl methyl sites for hydroxylation is 2. The number of hydrogen-bond donors (Lipinski definition) is 4. The zero-order chi connectivity index (χ0) is 71.5. The van der Waals surface area contributed by atoms with E-state index in [0.29, 0.717) is 68.6 Å². The summed E-state index contributed by atoms with van der Waals surface area (Å²) in [5.41, 5.74) is 12.0. The van der Waals surface area contributed by atoms with Crippen molar-refractivity contribution in [1.82, 2.24) is 99.7 Å². The van der Waals surface area contributed by atoms with Crippen molar-refractivity contribution in [2.75, 3.05) is 95.2 Å². The van der Waals surface area contributed by atoms with E-state index in [-0.39, 0.29) is 34.8 Å². The monoisotopic (exact) mass is 1390 g/mol. The van der Waals surface area contributed by atoms with E-state index in [1.807, 2.05) is 111 Å². The van der Waals surface area contributed by atoms with Gasteiger partial charge in [0.15, 0.2) is 34.4 Å². The molecule has 0 saturated carbocycles. The van der Waals surface area contributed by atoms with E-state index in [9.17, 15) is 14.4 Å². The van der Waals surface area contributed by atoms with Gasteiger partial charge in [-0.15, -0.1) is 0 Å². The highest BCUT2D eigenvalue weighted by atomic mass is 16.1. The molecule has 524 valence electrons. The standard InChI is InChI=1S/C28H27N7O.C25H22N8O.C25H30N8O/c1-34(2)20-10-13-35(14-11-20)25-8-7-23-27(32-25)33-28(31-23)26(36)18-9-12-30-24(15-18)22-17-29-16-19-5-3-4-6-21(19)22;34-22(16-6-8-28-20(12-16)19-14-27-13-17-4-1-2-5-18(17)19)24-30-21-15-29-25(32-23(21)31-24)33-10-3-7-26-9-11-33;1-15-22(16(2)32(5)30-15)20-14-17(8-11-26-20)23(34)25-27-19-6-7-21(28-24(19)29-25)33-12-9-18(10-13-33)31(3)4/h3-9,12,15-17,20H,10-11,13-14H2,1-2H3,(H,31,32,33);1-2,4-6,8,12-15,26H,3,7,9-11H2,(H,29,30,31,32);6-8,11,14,18H,9-10,12-13H2,1-5H3,(H,27,28,29). The van der Waals surface area contributed by atoms with Gasteiger partial charge in [0.2, 0.25) is 23.3 Å². The van der Waals surface area contributed by atoms with E-state index in [4.69, 9.17) is 9.97 Å². The minimum atomic E-state index is -0.227. The molecule has 4 N–H and O–H groups in total. The van der Waals surface area contributed by atoms with Crippen LogP contribution in [0.5, 0.6) is 0 Å². The van der Waals surface area contributed by atoms with Gasteiger partial charge in [0.05, 0.1) is 40.0 Å². The van der Waals surface area contributed by atoms with E-state index in [0.717, 1.165) is 162 Å². The molecule has 0 spiro atoms. The van der Waals surface area contributed by atoms with Crippen LogP contribution in [0.4, 0.5) is 17.6 Å². The lowest BCUT2D eigenvalue weighted by Gasteiger charge is -2.35. The van der Waals surface area contributed by atoms with Crippen molar-refractivity contribution >= 4 is 90.0 Å². The summed E-state index contributed by atoms with van der Waals surface area (Å²) in [4.78, 5) is 115. The van der Waals surface area contributed by atoms with E-state index >= 15 is 0 Å². The van der Waals surface area contributed by atoms with Gasteiger partial charge in [-0.25, -0.2) is 29.9 Å². The molecule has 3 fully saturated rings. The molecule has 3 saturated heterocycles. The van der Waals surface area contributed by atoms with Gasteiger partial charge in [0.25, 0.3) is 0 Å². The zero-order valence-electron chi connectivity index (χ0n) is 59.1. The lowest BCUT2D eigenvalue weighted by Crippen LogP contribution is -2.42. The molecule has 2 aromatic carbocycles. The van der Waals surface area contributed by atoms with Gasteiger partial charge in [-0.05, 0) is 152 Å². The predicted molar refractivity (Wildman–Crippen MR) is 403 cm³/mol. The normalized spacial score (nSPS) is 14.7. The number of piperidine rings is 2. The number of H-pyrrole nitrogens is 3. The number of anilines is 3. The molecule has 0 amide bonds. The largest absolute Gasteiger partial charge is 0.356 e. The van der Waals surface area contributed by atoms with Crippen LogP contribution < -0.4 is 20.0 Å². The second-order valence-electron chi connectivity index (χ2n) is 27.0. The highest BCUT2D eigenvalue weighted by molar-refractivity contribution is 6.10. The SMILES string of the molecule is CN(C)C1CCN(c2ccc3[nH]c(C(=O)c4ccnc(-c5cncc6ccccc56)c4)nc3n2)CC1.Cc1nn(C)c(C)c1-c1cc(C(=O)c2nc3nc(N4CCC(N(C)C)CC4)ccc3[nH]2)ccn1.O=C(c1ccnc(-c2cncc3ccccc23)c1)c1nc2nc(N3CCCNCC3)ncc2[nH]1. The van der Waals surface area contributed by atoms with Gasteiger partial charge in [-0.2, -0.15) is 10.1 Å². The Kier molecular flexibility index (Phi) is 19.3. The molecule has 26 nitrogen and oxygen atoms in total. The van der Waals surface area contributed by atoms with E-state index in [1.54, 1.807) is 73.6 Å². The number of carbonyl (C=O) groups excluding carboxylic acids is 3. The Hall–Kier alpha value is -12.0. The fourth-order valence-electron chi connectivity index (χ4n) is 14.0. The van der Waals surface area contributed by atoms with Crippen molar-refractivity contribution in [2.45, 2.75) is 58.0 Å². The molecule has 3 aliphatic rings. The van der Waals surface area contributed by atoms with Crippen molar-refractivity contribution in [3.63, 3.8) is 0 Å². The van der Waals surface area contributed by atoms with Crippen molar-refractivity contribution in [3.05, 3.63) is 204 Å². The highest BCUT2D eigenvalue weighted by Crippen LogP contribution is 2.32. The van der Waals surface area contributed by atoms with Crippen molar-refractivity contribution in [1.29, 1.82) is 0 Å². The first-order chi connectivity index (χ1) is 50.6. The molecule has 17 rings (SSSR count). The molecule has 0 aliphatic carbocycles. The maximum absolute atomic E-state index is 13.4. The molecule has 26 heteroatoms. The molecule has 3 aliphatic heterocycles. The fourth-order valence-corrected chi connectivity index (χ4v) is 14.0. The number of aromatic amines is 3. The molecule has 0 bridgehead atoms. The molecule has 0 unspecified atom stereocenters. The molecule has 0 atom stereocenters. The molecule has 12 aromatic heterocycles. The second-order valence-corrected chi connectivity index (χ2v) is 27.0. The Bertz CT molecular complexity index is 5490. The Morgan fingerprint density at radius 2 is 0.923 bits per heavy atom. The summed E-state index contributed by atoms with van der Waals surface area (Å²) < 4.78 is 1.83.